The van der Waals surface area contributed by atoms with Gasteiger partial charge in [0.2, 0.25) is 0 Å². The molecule has 1 aromatic heterocycles. The van der Waals surface area contributed by atoms with Crippen LogP contribution in [-0.2, 0) is 13.0 Å². The van der Waals surface area contributed by atoms with E-state index in [9.17, 15) is 5.11 Å². The molecule has 3 heteroatoms. The van der Waals surface area contributed by atoms with Crippen molar-refractivity contribution in [3.63, 3.8) is 0 Å². The fraction of sp³-hybridized carbons (Fsp3) is 0.571. The Morgan fingerprint density at radius 2 is 2.29 bits per heavy atom. The summed E-state index contributed by atoms with van der Waals surface area (Å²) < 4.78 is 2.18. The van der Waals surface area contributed by atoms with Crippen molar-refractivity contribution in [2.45, 2.75) is 46.3 Å². The van der Waals surface area contributed by atoms with E-state index in [1.807, 2.05) is 0 Å². The molecule has 0 spiro atoms. The summed E-state index contributed by atoms with van der Waals surface area (Å²) in [6.45, 7) is 10.8. The predicted octanol–water partition coefficient (Wildman–Crippen LogP) is 3.55. The lowest BCUT2D eigenvalue weighted by Crippen LogP contribution is -2.27. The molecular weight excluding hydrogens is 234 g/mol. The average Bonchev–Trinajstić information content (AvgIpc) is 2.43. The van der Waals surface area contributed by atoms with Crippen LogP contribution in [0.15, 0.2) is 17.7 Å². The van der Waals surface area contributed by atoms with Crippen molar-refractivity contribution in [3.8, 4) is 0 Å². The highest BCUT2D eigenvalue weighted by Crippen LogP contribution is 2.42. The van der Waals surface area contributed by atoms with Gasteiger partial charge in [0.25, 0.3) is 0 Å². The molecule has 1 unspecified atom stereocenters. The van der Waals surface area contributed by atoms with Gasteiger partial charge in [0, 0.05) is 22.0 Å². The van der Waals surface area contributed by atoms with E-state index in [4.69, 9.17) is 11.6 Å². The molecule has 0 saturated heterocycles. The van der Waals surface area contributed by atoms with Crippen molar-refractivity contribution in [3.05, 3.63) is 34.6 Å². The Bertz CT molecular complexity index is 459. The van der Waals surface area contributed by atoms with Gasteiger partial charge >= 0.3 is 0 Å². The van der Waals surface area contributed by atoms with Crippen molar-refractivity contribution in [1.29, 1.82) is 0 Å². The van der Waals surface area contributed by atoms with E-state index in [-0.39, 0.29) is 11.5 Å². The minimum atomic E-state index is -0.350. The zero-order valence-corrected chi connectivity index (χ0v) is 11.5. The van der Waals surface area contributed by atoms with E-state index in [2.05, 4.69) is 38.0 Å². The van der Waals surface area contributed by atoms with E-state index < -0.39 is 0 Å². The monoisotopic (exact) mass is 253 g/mol. The molecule has 94 valence electrons. The molecule has 1 aromatic rings. The van der Waals surface area contributed by atoms with Gasteiger partial charge in [0.1, 0.15) is 0 Å². The number of allylic oxidation sites excluding steroid dienone is 1. The van der Waals surface area contributed by atoms with Crippen LogP contribution in [0.3, 0.4) is 0 Å². The van der Waals surface area contributed by atoms with E-state index in [1.165, 1.54) is 5.69 Å². The minimum Gasteiger partial charge on any atom is -0.388 e. The maximum Gasteiger partial charge on any atom is 0.0812 e. The maximum atomic E-state index is 10.2. The highest BCUT2D eigenvalue weighted by molar-refractivity contribution is 6.29. The molecule has 0 bridgehead atoms. The number of fused-ring (bicyclic) bond motifs is 1. The molecule has 0 amide bonds. The summed E-state index contributed by atoms with van der Waals surface area (Å²) in [4.78, 5) is 0. The van der Waals surface area contributed by atoms with Crippen LogP contribution in [0, 0.1) is 12.3 Å². The highest BCUT2D eigenvalue weighted by Gasteiger charge is 2.33. The van der Waals surface area contributed by atoms with Crippen LogP contribution >= 0.6 is 11.6 Å². The van der Waals surface area contributed by atoms with Gasteiger partial charge in [-0.25, -0.2) is 0 Å². The number of aliphatic hydroxyl groups is 1. The number of halogens is 1. The Kier molecular flexibility index (Phi) is 3.13. The molecule has 1 aliphatic rings. The number of hydrogen-bond donors (Lipinski definition) is 1. The highest BCUT2D eigenvalue weighted by atomic mass is 35.5. The topological polar surface area (TPSA) is 25.2 Å². The van der Waals surface area contributed by atoms with Crippen molar-refractivity contribution in [2.24, 2.45) is 5.41 Å². The Labute approximate surface area is 108 Å². The van der Waals surface area contributed by atoms with Crippen molar-refractivity contribution in [2.75, 3.05) is 0 Å². The van der Waals surface area contributed by atoms with Gasteiger partial charge in [-0.1, -0.05) is 32.0 Å². The van der Waals surface area contributed by atoms with Crippen molar-refractivity contribution < 1.29 is 5.11 Å². The first kappa shape index (κ1) is 12.7. The van der Waals surface area contributed by atoms with Gasteiger partial charge in [-0.2, -0.15) is 0 Å². The van der Waals surface area contributed by atoms with Crippen LogP contribution in [-0.4, -0.2) is 9.67 Å². The van der Waals surface area contributed by atoms with E-state index in [0.717, 1.165) is 24.1 Å². The number of rotatable bonds is 2. The third kappa shape index (κ3) is 2.43. The molecule has 2 rings (SSSR count). The predicted molar refractivity (Wildman–Crippen MR) is 71.2 cm³/mol. The molecule has 0 aliphatic heterocycles. The second-order valence-corrected chi connectivity index (χ2v) is 6.39. The third-order valence-corrected chi connectivity index (χ3v) is 3.65. The van der Waals surface area contributed by atoms with Gasteiger partial charge < -0.3 is 9.67 Å². The van der Waals surface area contributed by atoms with E-state index >= 15 is 0 Å². The Hall–Kier alpha value is -0.730. The average molecular weight is 254 g/mol. The second kappa shape index (κ2) is 4.18. The zero-order chi connectivity index (χ0) is 12.8. The number of aromatic nitrogens is 1. The lowest BCUT2D eigenvalue weighted by atomic mass is 9.75. The fourth-order valence-electron chi connectivity index (χ4n) is 2.79. The molecule has 17 heavy (non-hydrogen) atoms. The van der Waals surface area contributed by atoms with Gasteiger partial charge in [-0.05, 0) is 31.2 Å². The van der Waals surface area contributed by atoms with Crippen molar-refractivity contribution >= 4 is 11.6 Å². The van der Waals surface area contributed by atoms with Gasteiger partial charge in [-0.3, -0.25) is 0 Å². The summed E-state index contributed by atoms with van der Waals surface area (Å²) in [6, 6.07) is 2.08. The molecule has 1 atom stereocenters. The third-order valence-electron chi connectivity index (χ3n) is 3.53. The van der Waals surface area contributed by atoms with E-state index in [1.54, 1.807) is 0 Å². The van der Waals surface area contributed by atoms with Crippen LogP contribution < -0.4 is 0 Å². The largest absolute Gasteiger partial charge is 0.388 e. The van der Waals surface area contributed by atoms with E-state index in [0.29, 0.717) is 11.6 Å². The van der Waals surface area contributed by atoms with Crippen LogP contribution in [0.5, 0.6) is 0 Å². The number of aliphatic hydroxyl groups excluding tert-OH is 1. The standard InChI is InChI=1S/C14H20ClNO/c1-9(15)8-16-10(2)5-11-12(16)6-14(3,4)7-13(11)17/h5,13,17H,1,6-8H2,2-4H3. The molecule has 2 nitrogen and oxygen atoms in total. The molecule has 0 aromatic carbocycles. The first-order valence-corrected chi connectivity index (χ1v) is 6.38. The summed E-state index contributed by atoms with van der Waals surface area (Å²) in [5, 5.41) is 10.8. The minimum absolute atomic E-state index is 0.141. The summed E-state index contributed by atoms with van der Waals surface area (Å²) in [5.41, 5.74) is 3.57. The molecular formula is C14H20ClNO. The Morgan fingerprint density at radius 3 is 2.88 bits per heavy atom. The van der Waals surface area contributed by atoms with Gasteiger partial charge in [-0.15, -0.1) is 0 Å². The first-order chi connectivity index (χ1) is 7.80. The van der Waals surface area contributed by atoms with Crippen LogP contribution in [0.2, 0.25) is 0 Å². The van der Waals surface area contributed by atoms with Crippen LogP contribution in [0.4, 0.5) is 0 Å². The lowest BCUT2D eigenvalue weighted by Gasteiger charge is -2.34. The number of hydrogen-bond acceptors (Lipinski definition) is 1. The fourth-order valence-corrected chi connectivity index (χ4v) is 2.91. The normalized spacial score (nSPS) is 22.3. The summed E-state index contributed by atoms with van der Waals surface area (Å²) >= 11 is 5.91. The van der Waals surface area contributed by atoms with Crippen LogP contribution in [0.1, 0.15) is 43.3 Å². The number of aryl methyl sites for hydroxylation is 1. The Balaban J connectivity index is 2.47. The molecule has 0 radical (unpaired) electrons. The molecule has 0 saturated carbocycles. The number of nitrogens with zero attached hydrogens (tertiary/aromatic N) is 1. The zero-order valence-electron chi connectivity index (χ0n) is 10.8. The van der Waals surface area contributed by atoms with Gasteiger partial charge in [0.15, 0.2) is 0 Å². The Morgan fingerprint density at radius 1 is 1.65 bits per heavy atom. The summed E-state index contributed by atoms with van der Waals surface area (Å²) in [7, 11) is 0. The molecule has 0 fully saturated rings. The SMILES string of the molecule is C=C(Cl)Cn1c(C)cc2c1CC(C)(C)CC2O. The maximum absolute atomic E-state index is 10.2. The molecule has 1 N–H and O–H groups in total. The summed E-state index contributed by atoms with van der Waals surface area (Å²) in [6.07, 6.45) is 1.46. The molecule has 1 heterocycles. The first-order valence-electron chi connectivity index (χ1n) is 6.00. The van der Waals surface area contributed by atoms with Crippen molar-refractivity contribution in [1.82, 2.24) is 4.57 Å². The van der Waals surface area contributed by atoms with Crippen LogP contribution in [0.25, 0.3) is 0 Å². The smallest absolute Gasteiger partial charge is 0.0812 e. The quantitative estimate of drug-likeness (QED) is 0.857. The van der Waals surface area contributed by atoms with Gasteiger partial charge in [0.05, 0.1) is 12.6 Å². The second-order valence-electron chi connectivity index (χ2n) is 5.85. The molecule has 1 aliphatic carbocycles. The lowest BCUT2D eigenvalue weighted by molar-refractivity contribution is 0.0981. The summed E-state index contributed by atoms with van der Waals surface area (Å²) in [5.74, 6) is 0.